The van der Waals surface area contributed by atoms with E-state index in [1.165, 1.54) is 6.33 Å². The standard InChI is InChI=1S/C16H17N3O3/c1-12-6-7-20-16(22-12,9-19-11-17-10-18-19)15-8-13-4-2-3-5-14(13)21-15/h2-5,8,10-12H,6-7,9H2,1H3. The fraction of sp³-hybridized carbons (Fsp3) is 0.375. The third-order valence-corrected chi connectivity index (χ3v) is 3.89. The van der Waals surface area contributed by atoms with Crippen LogP contribution in [0.4, 0.5) is 0 Å². The van der Waals surface area contributed by atoms with E-state index in [2.05, 4.69) is 10.1 Å². The van der Waals surface area contributed by atoms with Crippen LogP contribution in [0.25, 0.3) is 11.0 Å². The Morgan fingerprint density at radius 2 is 2.27 bits per heavy atom. The second kappa shape index (κ2) is 5.23. The Morgan fingerprint density at radius 1 is 1.36 bits per heavy atom. The Labute approximate surface area is 127 Å². The van der Waals surface area contributed by atoms with Crippen molar-refractivity contribution >= 4 is 11.0 Å². The van der Waals surface area contributed by atoms with Crippen LogP contribution in [-0.2, 0) is 21.8 Å². The van der Waals surface area contributed by atoms with Crippen LogP contribution in [0.1, 0.15) is 19.1 Å². The highest BCUT2D eigenvalue weighted by molar-refractivity contribution is 5.77. The molecule has 0 N–H and O–H groups in total. The normalized spacial score (nSPS) is 25.6. The Hall–Kier alpha value is -2.18. The van der Waals surface area contributed by atoms with Gasteiger partial charge in [-0.25, -0.2) is 9.67 Å². The summed E-state index contributed by atoms with van der Waals surface area (Å²) in [6.45, 7) is 3.06. The molecule has 2 aromatic heterocycles. The minimum Gasteiger partial charge on any atom is -0.455 e. The molecule has 1 aliphatic rings. The van der Waals surface area contributed by atoms with Crippen LogP contribution in [0, 0.1) is 0 Å². The van der Waals surface area contributed by atoms with Crippen molar-refractivity contribution < 1.29 is 13.9 Å². The first-order valence-corrected chi connectivity index (χ1v) is 7.38. The van der Waals surface area contributed by atoms with Crippen molar-refractivity contribution in [2.75, 3.05) is 6.61 Å². The maximum Gasteiger partial charge on any atom is 0.249 e. The molecule has 0 amide bonds. The Kier molecular flexibility index (Phi) is 3.20. The molecule has 3 heterocycles. The van der Waals surface area contributed by atoms with Gasteiger partial charge in [-0.2, -0.15) is 5.10 Å². The number of benzene rings is 1. The average Bonchev–Trinajstić information content (AvgIpc) is 3.16. The van der Waals surface area contributed by atoms with E-state index in [9.17, 15) is 0 Å². The second-order valence-electron chi connectivity index (χ2n) is 5.56. The number of furan rings is 1. The summed E-state index contributed by atoms with van der Waals surface area (Å²) < 4.78 is 19.9. The van der Waals surface area contributed by atoms with Crippen molar-refractivity contribution in [3.63, 3.8) is 0 Å². The van der Waals surface area contributed by atoms with Crippen LogP contribution in [0.2, 0.25) is 0 Å². The van der Waals surface area contributed by atoms with Gasteiger partial charge in [0.25, 0.3) is 0 Å². The van der Waals surface area contributed by atoms with E-state index in [0.29, 0.717) is 18.9 Å². The monoisotopic (exact) mass is 299 g/mol. The van der Waals surface area contributed by atoms with E-state index < -0.39 is 5.79 Å². The molecule has 0 bridgehead atoms. The zero-order valence-electron chi connectivity index (χ0n) is 12.3. The van der Waals surface area contributed by atoms with Crippen LogP contribution >= 0.6 is 0 Å². The molecule has 6 heteroatoms. The highest BCUT2D eigenvalue weighted by Crippen LogP contribution is 2.37. The molecule has 1 fully saturated rings. The van der Waals surface area contributed by atoms with Crippen molar-refractivity contribution in [2.24, 2.45) is 0 Å². The Bertz CT molecular complexity index is 735. The maximum absolute atomic E-state index is 6.16. The molecule has 0 saturated carbocycles. The number of aromatic nitrogens is 3. The number of nitrogens with zero attached hydrogens (tertiary/aromatic N) is 3. The van der Waals surface area contributed by atoms with E-state index in [-0.39, 0.29) is 6.10 Å². The molecule has 1 saturated heterocycles. The molecule has 2 atom stereocenters. The quantitative estimate of drug-likeness (QED) is 0.744. The molecule has 22 heavy (non-hydrogen) atoms. The number of fused-ring (bicyclic) bond motifs is 1. The van der Waals surface area contributed by atoms with Gasteiger partial charge in [0.15, 0.2) is 5.76 Å². The first-order valence-electron chi connectivity index (χ1n) is 7.38. The van der Waals surface area contributed by atoms with Crippen LogP contribution in [0.3, 0.4) is 0 Å². The van der Waals surface area contributed by atoms with Crippen molar-refractivity contribution in [3.8, 4) is 0 Å². The molecule has 4 rings (SSSR count). The summed E-state index contributed by atoms with van der Waals surface area (Å²) in [6, 6.07) is 9.86. The van der Waals surface area contributed by atoms with Crippen molar-refractivity contribution in [3.05, 3.63) is 48.7 Å². The van der Waals surface area contributed by atoms with Crippen molar-refractivity contribution in [1.29, 1.82) is 0 Å². The lowest BCUT2D eigenvalue weighted by Gasteiger charge is -2.38. The minimum atomic E-state index is -0.968. The summed E-state index contributed by atoms with van der Waals surface area (Å²) in [7, 11) is 0. The first-order chi connectivity index (χ1) is 10.8. The molecule has 0 spiro atoms. The summed E-state index contributed by atoms with van der Waals surface area (Å²) in [5.74, 6) is -0.305. The Balaban J connectivity index is 1.78. The van der Waals surface area contributed by atoms with Crippen LogP contribution in [-0.4, -0.2) is 27.5 Å². The highest BCUT2D eigenvalue weighted by atomic mass is 16.7. The molecular formula is C16H17N3O3. The first kappa shape index (κ1) is 13.5. The third kappa shape index (κ3) is 2.30. The predicted octanol–water partition coefficient (Wildman–Crippen LogP) is 2.70. The van der Waals surface area contributed by atoms with Crippen molar-refractivity contribution in [1.82, 2.24) is 14.8 Å². The van der Waals surface area contributed by atoms with Gasteiger partial charge in [0, 0.05) is 5.39 Å². The molecule has 1 aromatic carbocycles. The van der Waals surface area contributed by atoms with E-state index in [4.69, 9.17) is 13.9 Å². The zero-order valence-corrected chi connectivity index (χ0v) is 12.3. The fourth-order valence-electron chi connectivity index (χ4n) is 2.79. The molecule has 2 unspecified atom stereocenters. The van der Waals surface area contributed by atoms with E-state index in [1.807, 2.05) is 37.3 Å². The van der Waals surface area contributed by atoms with E-state index >= 15 is 0 Å². The summed E-state index contributed by atoms with van der Waals surface area (Å²) >= 11 is 0. The van der Waals surface area contributed by atoms with Gasteiger partial charge in [0.1, 0.15) is 24.8 Å². The maximum atomic E-state index is 6.16. The molecule has 6 nitrogen and oxygen atoms in total. The minimum absolute atomic E-state index is 0.0884. The fourth-order valence-corrected chi connectivity index (χ4v) is 2.79. The SMILES string of the molecule is CC1CCOC(Cn2cncn2)(c2cc3ccccc3o2)O1. The highest BCUT2D eigenvalue weighted by Gasteiger charge is 2.43. The summed E-state index contributed by atoms with van der Waals surface area (Å²) in [6.07, 6.45) is 4.10. The van der Waals surface area contributed by atoms with Crippen LogP contribution < -0.4 is 0 Å². The van der Waals surface area contributed by atoms with Gasteiger partial charge in [-0.1, -0.05) is 18.2 Å². The van der Waals surface area contributed by atoms with Gasteiger partial charge in [-0.05, 0) is 25.5 Å². The molecular weight excluding hydrogens is 282 g/mol. The van der Waals surface area contributed by atoms with Gasteiger partial charge in [-0.15, -0.1) is 0 Å². The number of hydrogen-bond acceptors (Lipinski definition) is 5. The lowest BCUT2D eigenvalue weighted by atomic mass is 10.1. The summed E-state index contributed by atoms with van der Waals surface area (Å²) in [4.78, 5) is 3.98. The smallest absolute Gasteiger partial charge is 0.249 e. The molecule has 114 valence electrons. The number of ether oxygens (including phenoxy) is 2. The summed E-state index contributed by atoms with van der Waals surface area (Å²) in [5, 5.41) is 5.19. The molecule has 3 aromatic rings. The summed E-state index contributed by atoms with van der Waals surface area (Å²) in [5.41, 5.74) is 0.820. The number of rotatable bonds is 3. The number of hydrogen-bond donors (Lipinski definition) is 0. The molecule has 0 radical (unpaired) electrons. The van der Waals surface area contributed by atoms with Gasteiger partial charge < -0.3 is 13.9 Å². The van der Waals surface area contributed by atoms with E-state index in [1.54, 1.807) is 11.0 Å². The largest absolute Gasteiger partial charge is 0.455 e. The average molecular weight is 299 g/mol. The van der Waals surface area contributed by atoms with Crippen LogP contribution in [0.5, 0.6) is 0 Å². The predicted molar refractivity (Wildman–Crippen MR) is 79.0 cm³/mol. The van der Waals surface area contributed by atoms with Gasteiger partial charge >= 0.3 is 0 Å². The molecule has 1 aliphatic heterocycles. The van der Waals surface area contributed by atoms with E-state index in [0.717, 1.165) is 17.4 Å². The lowest BCUT2D eigenvalue weighted by molar-refractivity contribution is -0.314. The lowest BCUT2D eigenvalue weighted by Crippen LogP contribution is -2.44. The van der Waals surface area contributed by atoms with Crippen molar-refractivity contribution in [2.45, 2.75) is 31.8 Å². The van der Waals surface area contributed by atoms with Gasteiger partial charge in [0.05, 0.1) is 12.7 Å². The second-order valence-corrected chi connectivity index (χ2v) is 5.56. The van der Waals surface area contributed by atoms with Crippen LogP contribution in [0.15, 0.2) is 47.4 Å². The molecule has 0 aliphatic carbocycles. The Morgan fingerprint density at radius 3 is 3.05 bits per heavy atom. The van der Waals surface area contributed by atoms with Gasteiger partial charge in [0.2, 0.25) is 5.79 Å². The number of para-hydroxylation sites is 1. The van der Waals surface area contributed by atoms with Gasteiger partial charge in [-0.3, -0.25) is 0 Å². The topological polar surface area (TPSA) is 62.3 Å². The third-order valence-electron chi connectivity index (χ3n) is 3.89. The zero-order chi connectivity index (χ0) is 15.0.